The smallest absolute Gasteiger partial charge is 0.256 e. The van der Waals surface area contributed by atoms with Gasteiger partial charge in [-0.25, -0.2) is 4.52 Å². The number of pyridine rings is 1. The lowest BCUT2D eigenvalue weighted by Gasteiger charge is -2.09. The summed E-state index contributed by atoms with van der Waals surface area (Å²) in [7, 11) is 0. The Kier molecular flexibility index (Phi) is 3.92. The molecule has 0 radical (unpaired) electrons. The molecule has 0 bridgehead atoms. The number of rotatable bonds is 4. The van der Waals surface area contributed by atoms with Gasteiger partial charge < -0.3 is 5.32 Å². The van der Waals surface area contributed by atoms with Crippen LogP contribution in [0, 0.1) is 0 Å². The topological polar surface area (TPSA) is 46.4 Å². The highest BCUT2D eigenvalue weighted by Crippen LogP contribution is 2.23. The second-order valence-electron chi connectivity index (χ2n) is 4.50. The third-order valence-electron chi connectivity index (χ3n) is 3.09. The molecular weight excluding hydrogens is 282 g/mol. The SMILES string of the molecule is CCSc1ccccc1C(=O)Nc1ccn2nccc2c1. The lowest BCUT2D eigenvalue weighted by Crippen LogP contribution is -2.13. The lowest BCUT2D eigenvalue weighted by molar-refractivity contribution is 0.102. The number of amides is 1. The molecule has 0 saturated heterocycles. The maximum absolute atomic E-state index is 12.4. The van der Waals surface area contributed by atoms with Gasteiger partial charge in [-0.15, -0.1) is 11.8 Å². The van der Waals surface area contributed by atoms with Crippen LogP contribution in [0.15, 0.2) is 59.8 Å². The van der Waals surface area contributed by atoms with E-state index in [0.29, 0.717) is 5.56 Å². The predicted molar refractivity (Wildman–Crippen MR) is 86.0 cm³/mol. The number of hydrogen-bond acceptors (Lipinski definition) is 3. The van der Waals surface area contributed by atoms with Gasteiger partial charge in [-0.3, -0.25) is 4.79 Å². The first-order valence-electron chi connectivity index (χ1n) is 6.74. The number of thioether (sulfide) groups is 1. The number of carbonyl (C=O) groups is 1. The summed E-state index contributed by atoms with van der Waals surface area (Å²) in [5, 5.41) is 7.08. The van der Waals surface area contributed by atoms with E-state index in [4.69, 9.17) is 0 Å². The molecule has 2 heterocycles. The van der Waals surface area contributed by atoms with Crippen LogP contribution in [0.3, 0.4) is 0 Å². The van der Waals surface area contributed by atoms with E-state index in [1.54, 1.807) is 22.5 Å². The van der Waals surface area contributed by atoms with Crippen LogP contribution in [0.25, 0.3) is 5.52 Å². The summed E-state index contributed by atoms with van der Waals surface area (Å²) >= 11 is 1.67. The van der Waals surface area contributed by atoms with Crippen LogP contribution in [0.5, 0.6) is 0 Å². The average Bonchev–Trinajstić information content (AvgIpc) is 2.95. The van der Waals surface area contributed by atoms with Crippen LogP contribution in [0.1, 0.15) is 17.3 Å². The van der Waals surface area contributed by atoms with Gasteiger partial charge in [-0.05, 0) is 36.1 Å². The van der Waals surface area contributed by atoms with Crippen molar-refractivity contribution < 1.29 is 4.79 Å². The first kappa shape index (κ1) is 13.7. The normalized spacial score (nSPS) is 10.7. The van der Waals surface area contributed by atoms with E-state index in [9.17, 15) is 4.79 Å². The Labute approximate surface area is 127 Å². The Balaban J connectivity index is 1.85. The zero-order chi connectivity index (χ0) is 14.7. The minimum absolute atomic E-state index is 0.0876. The third-order valence-corrected chi connectivity index (χ3v) is 4.04. The van der Waals surface area contributed by atoms with Gasteiger partial charge >= 0.3 is 0 Å². The summed E-state index contributed by atoms with van der Waals surface area (Å²) in [6, 6.07) is 13.3. The molecule has 2 aromatic heterocycles. The highest BCUT2D eigenvalue weighted by molar-refractivity contribution is 7.99. The Morgan fingerprint density at radius 3 is 3.00 bits per heavy atom. The average molecular weight is 297 g/mol. The standard InChI is InChI=1S/C16H15N3OS/c1-2-21-15-6-4-3-5-14(15)16(20)18-12-8-10-19-13(11-12)7-9-17-19/h3-11H,2H2,1H3,(H,18,20). The summed E-state index contributed by atoms with van der Waals surface area (Å²) in [5.74, 6) is 0.849. The fourth-order valence-corrected chi connectivity index (χ4v) is 2.94. The van der Waals surface area contributed by atoms with Crippen molar-refractivity contribution in [3.05, 3.63) is 60.4 Å². The van der Waals surface area contributed by atoms with Crippen LogP contribution >= 0.6 is 11.8 Å². The zero-order valence-electron chi connectivity index (χ0n) is 11.6. The fourth-order valence-electron chi connectivity index (χ4n) is 2.13. The molecule has 21 heavy (non-hydrogen) atoms. The first-order chi connectivity index (χ1) is 10.3. The highest BCUT2D eigenvalue weighted by atomic mass is 32.2. The molecule has 1 aromatic carbocycles. The molecule has 0 aliphatic heterocycles. The highest BCUT2D eigenvalue weighted by Gasteiger charge is 2.11. The van der Waals surface area contributed by atoms with Crippen LogP contribution in [0.4, 0.5) is 5.69 Å². The van der Waals surface area contributed by atoms with Crippen molar-refractivity contribution in [3.8, 4) is 0 Å². The van der Waals surface area contributed by atoms with E-state index in [1.165, 1.54) is 0 Å². The van der Waals surface area contributed by atoms with E-state index < -0.39 is 0 Å². The van der Waals surface area contributed by atoms with Crippen molar-refractivity contribution in [3.63, 3.8) is 0 Å². The van der Waals surface area contributed by atoms with Crippen LogP contribution < -0.4 is 5.32 Å². The summed E-state index contributed by atoms with van der Waals surface area (Å²) < 4.78 is 1.76. The van der Waals surface area contributed by atoms with Crippen molar-refractivity contribution in [2.24, 2.45) is 0 Å². The van der Waals surface area contributed by atoms with Gasteiger partial charge in [0.25, 0.3) is 5.91 Å². The van der Waals surface area contributed by atoms with Gasteiger partial charge in [0, 0.05) is 23.0 Å². The van der Waals surface area contributed by atoms with Gasteiger partial charge in [0.05, 0.1) is 11.1 Å². The quantitative estimate of drug-likeness (QED) is 0.747. The number of hydrogen-bond donors (Lipinski definition) is 1. The predicted octanol–water partition coefficient (Wildman–Crippen LogP) is 3.70. The molecule has 0 unspecified atom stereocenters. The minimum atomic E-state index is -0.0876. The fraction of sp³-hybridized carbons (Fsp3) is 0.125. The van der Waals surface area contributed by atoms with Crippen molar-refractivity contribution in [2.45, 2.75) is 11.8 Å². The number of nitrogens with one attached hydrogen (secondary N) is 1. The molecule has 0 fully saturated rings. The molecule has 3 aromatic rings. The van der Waals surface area contributed by atoms with Crippen LogP contribution in [0.2, 0.25) is 0 Å². The molecule has 0 aliphatic carbocycles. The molecule has 3 rings (SSSR count). The molecular formula is C16H15N3OS. The van der Waals surface area contributed by atoms with Crippen LogP contribution in [-0.2, 0) is 0 Å². The van der Waals surface area contributed by atoms with Crippen molar-refractivity contribution in [2.75, 3.05) is 11.1 Å². The second kappa shape index (κ2) is 6.01. The molecule has 1 amide bonds. The Morgan fingerprint density at radius 1 is 1.29 bits per heavy atom. The molecule has 4 nitrogen and oxygen atoms in total. The maximum atomic E-state index is 12.4. The molecule has 0 saturated carbocycles. The number of benzene rings is 1. The summed E-state index contributed by atoms with van der Waals surface area (Å²) in [6.45, 7) is 2.08. The molecule has 5 heteroatoms. The molecule has 0 atom stereocenters. The molecule has 0 spiro atoms. The Morgan fingerprint density at radius 2 is 2.14 bits per heavy atom. The van der Waals surface area contributed by atoms with E-state index in [2.05, 4.69) is 17.3 Å². The van der Waals surface area contributed by atoms with E-state index >= 15 is 0 Å². The number of nitrogens with zero attached hydrogens (tertiary/aromatic N) is 2. The van der Waals surface area contributed by atoms with Crippen molar-refractivity contribution in [1.29, 1.82) is 0 Å². The van der Waals surface area contributed by atoms with Gasteiger partial charge in [0.15, 0.2) is 0 Å². The largest absolute Gasteiger partial charge is 0.322 e. The summed E-state index contributed by atoms with van der Waals surface area (Å²) in [5.41, 5.74) is 2.42. The first-order valence-corrected chi connectivity index (χ1v) is 7.73. The van der Waals surface area contributed by atoms with E-state index in [0.717, 1.165) is 21.9 Å². The van der Waals surface area contributed by atoms with Gasteiger partial charge in [0.1, 0.15) is 0 Å². The van der Waals surface area contributed by atoms with E-state index in [1.807, 2.05) is 48.7 Å². The van der Waals surface area contributed by atoms with Gasteiger partial charge in [0.2, 0.25) is 0 Å². The summed E-state index contributed by atoms with van der Waals surface area (Å²) in [6.07, 6.45) is 3.56. The van der Waals surface area contributed by atoms with Gasteiger partial charge in [-0.2, -0.15) is 5.10 Å². The number of fused-ring (bicyclic) bond motifs is 1. The number of anilines is 1. The Hall–Kier alpha value is -2.27. The monoisotopic (exact) mass is 297 g/mol. The third kappa shape index (κ3) is 2.92. The van der Waals surface area contributed by atoms with Gasteiger partial charge in [-0.1, -0.05) is 19.1 Å². The zero-order valence-corrected chi connectivity index (χ0v) is 12.4. The number of carbonyl (C=O) groups excluding carboxylic acids is 1. The van der Waals surface area contributed by atoms with Crippen LogP contribution in [-0.4, -0.2) is 21.3 Å². The van der Waals surface area contributed by atoms with Crippen molar-refractivity contribution >= 4 is 28.9 Å². The molecule has 1 N–H and O–H groups in total. The number of aromatic nitrogens is 2. The maximum Gasteiger partial charge on any atom is 0.256 e. The van der Waals surface area contributed by atoms with Crippen molar-refractivity contribution in [1.82, 2.24) is 9.61 Å². The lowest BCUT2D eigenvalue weighted by atomic mass is 10.2. The second-order valence-corrected chi connectivity index (χ2v) is 5.81. The molecule has 0 aliphatic rings. The summed E-state index contributed by atoms with van der Waals surface area (Å²) in [4.78, 5) is 13.4. The Bertz CT molecular complexity index is 782. The van der Waals surface area contributed by atoms with E-state index in [-0.39, 0.29) is 5.91 Å². The molecule has 106 valence electrons. The minimum Gasteiger partial charge on any atom is -0.322 e.